The Morgan fingerprint density at radius 2 is 1.43 bits per heavy atom. The van der Waals surface area contributed by atoms with Gasteiger partial charge in [-0.25, -0.2) is 4.98 Å². The van der Waals surface area contributed by atoms with Gasteiger partial charge in [-0.15, -0.1) is 0 Å². The molecule has 0 fully saturated rings. The highest BCUT2D eigenvalue weighted by Gasteiger charge is 2.22. The lowest BCUT2D eigenvalue weighted by atomic mass is 9.88. The first kappa shape index (κ1) is 33.2. The fourth-order valence-corrected chi connectivity index (χ4v) is 4.59. The molecule has 5 rings (SSSR count). The number of ketones is 1. The molecule has 44 heavy (non-hydrogen) atoms. The van der Waals surface area contributed by atoms with Gasteiger partial charge in [0.15, 0.2) is 5.78 Å². The predicted molar refractivity (Wildman–Crippen MR) is 171 cm³/mol. The summed E-state index contributed by atoms with van der Waals surface area (Å²) >= 11 is 0. The average Bonchev–Trinajstić information content (AvgIpc) is 3.57. The van der Waals surface area contributed by atoms with E-state index in [0.29, 0.717) is 42.2 Å². The molecule has 0 aliphatic rings. The van der Waals surface area contributed by atoms with Crippen LogP contribution in [0.3, 0.4) is 0 Å². The van der Waals surface area contributed by atoms with Crippen molar-refractivity contribution in [2.45, 2.75) is 33.1 Å². The molecule has 1 atom stereocenters. The van der Waals surface area contributed by atoms with Crippen LogP contribution >= 0.6 is 0 Å². The van der Waals surface area contributed by atoms with Gasteiger partial charge in [0.2, 0.25) is 5.89 Å². The van der Waals surface area contributed by atoms with Gasteiger partial charge in [-0.1, -0.05) is 98.8 Å². The van der Waals surface area contributed by atoms with Crippen molar-refractivity contribution >= 4 is 18.5 Å². The summed E-state index contributed by atoms with van der Waals surface area (Å²) in [7, 11) is 0. The minimum absolute atomic E-state index is 0.108. The SMILES string of the molecule is C=O.CC.O=C(c1ccccc1)c1ccccc1C[C@@H](Cc1ccc(OCCc2coc(-c3ccccc3)n2)cc1)C(=O)O. The lowest BCUT2D eigenvalue weighted by Crippen LogP contribution is -2.20. The number of aromatic nitrogens is 1. The standard InChI is InChI=1S/C34H29NO5.C2H6.CH2O/c36-32(25-9-3-1-4-10-25)31-14-8-7-13-27(31)22-28(34(37)38)21-24-15-17-30(18-16-24)39-20-19-29-23-40-33(35-29)26-11-5-2-6-12-26;2*1-2/h1-18,23,28H,19-22H2,(H,37,38);1-2H3;1H2/t28-;;/m1../s1. The molecular weight excluding hydrogens is 554 g/mol. The molecule has 0 spiro atoms. The van der Waals surface area contributed by atoms with Crippen molar-refractivity contribution < 1.29 is 28.6 Å². The maximum atomic E-state index is 13.1. The van der Waals surface area contributed by atoms with Crippen LogP contribution in [-0.4, -0.2) is 35.2 Å². The molecule has 7 heteroatoms. The zero-order valence-electron chi connectivity index (χ0n) is 25.0. The van der Waals surface area contributed by atoms with Gasteiger partial charge in [-0.05, 0) is 48.2 Å². The largest absolute Gasteiger partial charge is 0.493 e. The van der Waals surface area contributed by atoms with E-state index in [0.717, 1.165) is 22.4 Å². The maximum Gasteiger partial charge on any atom is 0.307 e. The number of aliphatic carboxylic acids is 1. The third-order valence-electron chi connectivity index (χ3n) is 6.72. The number of nitrogens with zero attached hydrogens (tertiary/aromatic N) is 1. The summed E-state index contributed by atoms with van der Waals surface area (Å²) in [6.45, 7) is 6.43. The van der Waals surface area contributed by atoms with Crippen LogP contribution in [0.1, 0.15) is 46.6 Å². The molecule has 1 aromatic heterocycles. The number of hydrogen-bond acceptors (Lipinski definition) is 6. The monoisotopic (exact) mass is 591 g/mol. The van der Waals surface area contributed by atoms with E-state index in [4.69, 9.17) is 13.9 Å². The fraction of sp³-hybridized carbons (Fsp3) is 0.189. The second-order valence-electron chi connectivity index (χ2n) is 9.55. The third-order valence-corrected chi connectivity index (χ3v) is 6.72. The highest BCUT2D eigenvalue weighted by molar-refractivity contribution is 6.09. The highest BCUT2D eigenvalue weighted by Crippen LogP contribution is 2.23. The van der Waals surface area contributed by atoms with Crippen LogP contribution in [0, 0.1) is 5.92 Å². The number of carbonyl (C=O) groups is 3. The first-order chi connectivity index (χ1) is 21.6. The lowest BCUT2D eigenvalue weighted by molar-refractivity contribution is -0.141. The van der Waals surface area contributed by atoms with Crippen molar-refractivity contribution in [2.24, 2.45) is 5.92 Å². The molecular formula is C37H37NO6. The minimum atomic E-state index is -0.898. The zero-order chi connectivity index (χ0) is 31.7. The number of carboxylic acid groups (broad SMARTS) is 1. The fourth-order valence-electron chi connectivity index (χ4n) is 4.59. The van der Waals surface area contributed by atoms with Crippen molar-refractivity contribution in [3.05, 3.63) is 143 Å². The van der Waals surface area contributed by atoms with Crippen LogP contribution in [-0.2, 0) is 28.9 Å². The van der Waals surface area contributed by atoms with Gasteiger partial charge in [0.05, 0.1) is 18.2 Å². The quantitative estimate of drug-likeness (QED) is 0.150. The molecule has 0 bridgehead atoms. The van der Waals surface area contributed by atoms with Gasteiger partial charge in [-0.3, -0.25) is 9.59 Å². The Morgan fingerprint density at radius 1 is 0.818 bits per heavy atom. The van der Waals surface area contributed by atoms with Crippen molar-refractivity contribution in [1.29, 1.82) is 0 Å². The maximum absolute atomic E-state index is 13.1. The van der Waals surface area contributed by atoms with Crippen molar-refractivity contribution in [2.75, 3.05) is 6.61 Å². The number of rotatable bonds is 12. The van der Waals surface area contributed by atoms with Crippen LogP contribution in [0.15, 0.2) is 120 Å². The second kappa shape index (κ2) is 17.6. The summed E-state index contributed by atoms with van der Waals surface area (Å²) < 4.78 is 11.5. The highest BCUT2D eigenvalue weighted by atomic mass is 16.5. The smallest absolute Gasteiger partial charge is 0.307 e. The molecule has 1 heterocycles. The minimum Gasteiger partial charge on any atom is -0.493 e. The summed E-state index contributed by atoms with van der Waals surface area (Å²) in [5.74, 6) is -0.405. The Hall–Kier alpha value is -5.30. The van der Waals surface area contributed by atoms with Crippen molar-refractivity contribution in [3.8, 4) is 17.2 Å². The topological polar surface area (TPSA) is 107 Å². The molecule has 0 radical (unpaired) electrons. The molecule has 0 amide bonds. The van der Waals surface area contributed by atoms with E-state index < -0.39 is 11.9 Å². The second-order valence-corrected chi connectivity index (χ2v) is 9.55. The lowest BCUT2D eigenvalue weighted by Gasteiger charge is -2.16. The first-order valence-corrected chi connectivity index (χ1v) is 14.5. The Balaban J connectivity index is 0.00000127. The Kier molecular flexibility index (Phi) is 13.3. The molecule has 0 saturated heterocycles. The number of carbonyl (C=O) groups excluding carboxylic acids is 2. The van der Waals surface area contributed by atoms with E-state index in [9.17, 15) is 14.7 Å². The Morgan fingerprint density at radius 3 is 2.09 bits per heavy atom. The van der Waals surface area contributed by atoms with Gasteiger partial charge in [0.25, 0.3) is 0 Å². The van der Waals surface area contributed by atoms with Crippen LogP contribution in [0.4, 0.5) is 0 Å². The van der Waals surface area contributed by atoms with Crippen LogP contribution < -0.4 is 4.74 Å². The summed E-state index contributed by atoms with van der Waals surface area (Å²) in [6.07, 6.45) is 2.84. The van der Waals surface area contributed by atoms with Crippen LogP contribution in [0.2, 0.25) is 0 Å². The van der Waals surface area contributed by atoms with E-state index >= 15 is 0 Å². The number of ether oxygens (including phenoxy) is 1. The van der Waals surface area contributed by atoms with E-state index in [1.807, 2.05) is 106 Å². The van der Waals surface area contributed by atoms with E-state index in [2.05, 4.69) is 4.98 Å². The molecule has 5 aromatic rings. The number of oxazole rings is 1. The van der Waals surface area contributed by atoms with E-state index in [-0.39, 0.29) is 12.2 Å². The predicted octanol–water partition coefficient (Wildman–Crippen LogP) is 7.52. The normalized spacial score (nSPS) is 10.8. The summed E-state index contributed by atoms with van der Waals surface area (Å²) in [5.41, 5.74) is 4.47. The molecule has 1 N–H and O–H groups in total. The van der Waals surface area contributed by atoms with E-state index in [1.54, 1.807) is 30.5 Å². The summed E-state index contributed by atoms with van der Waals surface area (Å²) in [5, 5.41) is 9.97. The molecule has 7 nitrogen and oxygen atoms in total. The van der Waals surface area contributed by atoms with Gasteiger partial charge in [0, 0.05) is 23.1 Å². The Bertz CT molecular complexity index is 1580. The third kappa shape index (κ3) is 9.36. The average molecular weight is 592 g/mol. The van der Waals surface area contributed by atoms with Gasteiger partial charge >= 0.3 is 5.97 Å². The number of hydrogen-bond donors (Lipinski definition) is 1. The van der Waals surface area contributed by atoms with Crippen LogP contribution in [0.5, 0.6) is 5.75 Å². The summed E-state index contributed by atoms with van der Waals surface area (Å²) in [6, 6.07) is 33.5. The number of benzene rings is 4. The van der Waals surface area contributed by atoms with Gasteiger partial charge in [0.1, 0.15) is 18.8 Å². The van der Waals surface area contributed by atoms with Crippen molar-refractivity contribution in [3.63, 3.8) is 0 Å². The van der Waals surface area contributed by atoms with E-state index in [1.165, 1.54) is 0 Å². The van der Waals surface area contributed by atoms with Crippen molar-refractivity contribution in [1.82, 2.24) is 4.98 Å². The molecule has 0 saturated carbocycles. The zero-order valence-corrected chi connectivity index (χ0v) is 25.0. The molecule has 0 aliphatic carbocycles. The van der Waals surface area contributed by atoms with Crippen LogP contribution in [0.25, 0.3) is 11.5 Å². The Labute approximate surface area is 258 Å². The van der Waals surface area contributed by atoms with Gasteiger partial charge in [-0.2, -0.15) is 0 Å². The number of carboxylic acids is 1. The van der Waals surface area contributed by atoms with Gasteiger partial charge < -0.3 is 19.1 Å². The molecule has 226 valence electrons. The first-order valence-electron chi connectivity index (χ1n) is 14.5. The molecule has 0 unspecified atom stereocenters. The molecule has 0 aliphatic heterocycles. The molecule has 4 aromatic carbocycles. The summed E-state index contributed by atoms with van der Waals surface area (Å²) in [4.78, 5) is 37.8.